The van der Waals surface area contributed by atoms with Crippen molar-refractivity contribution in [3.8, 4) is 6.07 Å². The van der Waals surface area contributed by atoms with Gasteiger partial charge in [0.15, 0.2) is 0 Å². The molecule has 0 saturated carbocycles. The number of nitrogens with one attached hydrogen (secondary N) is 2. The number of anilines is 1. The SMILES string of the molecule is Cc1ccc(C#N)cc1NC(C)C(=O)NC(C)(C)C. The molecule has 4 nitrogen and oxygen atoms in total. The maximum atomic E-state index is 12.0. The third-order valence-electron chi connectivity index (χ3n) is 2.63. The van der Waals surface area contributed by atoms with Crippen LogP contribution >= 0.6 is 0 Å². The summed E-state index contributed by atoms with van der Waals surface area (Å²) in [6.45, 7) is 9.58. The largest absolute Gasteiger partial charge is 0.374 e. The molecule has 0 aromatic heterocycles. The molecule has 1 rings (SSSR count). The number of hydrogen-bond acceptors (Lipinski definition) is 3. The number of carbonyl (C=O) groups excluding carboxylic acids is 1. The maximum Gasteiger partial charge on any atom is 0.242 e. The van der Waals surface area contributed by atoms with Crippen molar-refractivity contribution in [1.82, 2.24) is 5.32 Å². The normalized spacial score (nSPS) is 12.4. The van der Waals surface area contributed by atoms with Crippen molar-refractivity contribution in [3.05, 3.63) is 29.3 Å². The van der Waals surface area contributed by atoms with Gasteiger partial charge < -0.3 is 10.6 Å². The highest BCUT2D eigenvalue weighted by atomic mass is 16.2. The molecule has 1 amide bonds. The summed E-state index contributed by atoms with van der Waals surface area (Å²) in [5.74, 6) is -0.0609. The summed E-state index contributed by atoms with van der Waals surface area (Å²) in [5, 5.41) is 15.0. The Morgan fingerprint density at radius 3 is 2.53 bits per heavy atom. The van der Waals surface area contributed by atoms with Crippen molar-refractivity contribution >= 4 is 11.6 Å². The quantitative estimate of drug-likeness (QED) is 0.877. The lowest BCUT2D eigenvalue weighted by Crippen LogP contribution is -2.47. The van der Waals surface area contributed by atoms with E-state index in [0.717, 1.165) is 11.3 Å². The van der Waals surface area contributed by atoms with E-state index in [-0.39, 0.29) is 17.5 Å². The van der Waals surface area contributed by atoms with Gasteiger partial charge in [0.1, 0.15) is 6.04 Å². The summed E-state index contributed by atoms with van der Waals surface area (Å²) in [6, 6.07) is 7.13. The lowest BCUT2D eigenvalue weighted by Gasteiger charge is -2.24. The summed E-state index contributed by atoms with van der Waals surface area (Å²) in [5.41, 5.74) is 2.15. The fourth-order valence-electron chi connectivity index (χ4n) is 1.62. The molecule has 1 aromatic carbocycles. The average Bonchev–Trinajstić information content (AvgIpc) is 2.29. The number of nitriles is 1. The van der Waals surface area contributed by atoms with E-state index < -0.39 is 0 Å². The molecule has 0 aliphatic carbocycles. The van der Waals surface area contributed by atoms with Gasteiger partial charge in [-0.2, -0.15) is 5.26 Å². The van der Waals surface area contributed by atoms with Gasteiger partial charge in [-0.15, -0.1) is 0 Å². The van der Waals surface area contributed by atoms with E-state index in [9.17, 15) is 4.79 Å². The van der Waals surface area contributed by atoms with E-state index in [1.807, 2.05) is 33.8 Å². The maximum absolute atomic E-state index is 12.0. The minimum absolute atomic E-state index is 0.0609. The van der Waals surface area contributed by atoms with Gasteiger partial charge in [0.05, 0.1) is 11.6 Å². The second-order valence-electron chi connectivity index (χ2n) is 5.75. The summed E-state index contributed by atoms with van der Waals surface area (Å²) >= 11 is 0. The standard InChI is InChI=1S/C15H21N3O/c1-10-6-7-12(9-16)8-13(10)17-11(2)14(19)18-15(3,4)5/h6-8,11,17H,1-5H3,(H,18,19). The highest BCUT2D eigenvalue weighted by Crippen LogP contribution is 2.17. The van der Waals surface area contributed by atoms with Crippen LogP contribution in [0.3, 0.4) is 0 Å². The minimum Gasteiger partial charge on any atom is -0.374 e. The average molecular weight is 259 g/mol. The predicted molar refractivity (Wildman–Crippen MR) is 76.9 cm³/mol. The van der Waals surface area contributed by atoms with Gasteiger partial charge in [0.25, 0.3) is 0 Å². The Hall–Kier alpha value is -2.02. The molecule has 1 aromatic rings. The van der Waals surface area contributed by atoms with Crippen molar-refractivity contribution in [3.63, 3.8) is 0 Å². The molecule has 0 aliphatic rings. The van der Waals surface area contributed by atoms with E-state index >= 15 is 0 Å². The van der Waals surface area contributed by atoms with Gasteiger partial charge in [0.2, 0.25) is 5.91 Å². The van der Waals surface area contributed by atoms with Crippen molar-refractivity contribution in [1.29, 1.82) is 5.26 Å². The van der Waals surface area contributed by atoms with Gasteiger partial charge in [0, 0.05) is 11.2 Å². The van der Waals surface area contributed by atoms with Crippen LogP contribution in [-0.2, 0) is 4.79 Å². The first-order valence-corrected chi connectivity index (χ1v) is 6.32. The number of nitrogens with zero attached hydrogens (tertiary/aromatic N) is 1. The van der Waals surface area contributed by atoms with E-state index in [0.29, 0.717) is 5.56 Å². The first-order chi connectivity index (χ1) is 8.73. The van der Waals surface area contributed by atoms with Gasteiger partial charge in [-0.1, -0.05) is 6.07 Å². The molecule has 0 bridgehead atoms. The molecule has 102 valence electrons. The Morgan fingerprint density at radius 1 is 1.37 bits per heavy atom. The lowest BCUT2D eigenvalue weighted by atomic mass is 10.1. The first kappa shape index (κ1) is 15.0. The highest BCUT2D eigenvalue weighted by Gasteiger charge is 2.19. The first-order valence-electron chi connectivity index (χ1n) is 6.32. The van der Waals surface area contributed by atoms with Gasteiger partial charge in [-0.3, -0.25) is 4.79 Å². The van der Waals surface area contributed by atoms with Crippen LogP contribution in [0.5, 0.6) is 0 Å². The number of rotatable bonds is 3. The summed E-state index contributed by atoms with van der Waals surface area (Å²) in [6.07, 6.45) is 0. The van der Waals surface area contributed by atoms with Crippen LogP contribution in [-0.4, -0.2) is 17.5 Å². The highest BCUT2D eigenvalue weighted by molar-refractivity contribution is 5.85. The molecular formula is C15H21N3O. The van der Waals surface area contributed by atoms with Crippen LogP contribution < -0.4 is 10.6 Å². The monoisotopic (exact) mass is 259 g/mol. The fraction of sp³-hybridized carbons (Fsp3) is 0.467. The van der Waals surface area contributed by atoms with Crippen LogP contribution in [0, 0.1) is 18.3 Å². The lowest BCUT2D eigenvalue weighted by molar-refractivity contribution is -0.122. The van der Waals surface area contributed by atoms with Crippen molar-refractivity contribution < 1.29 is 4.79 Å². The molecule has 0 saturated heterocycles. The molecule has 0 spiro atoms. The molecule has 0 radical (unpaired) electrons. The second kappa shape index (κ2) is 5.75. The van der Waals surface area contributed by atoms with Gasteiger partial charge in [-0.25, -0.2) is 0 Å². The molecule has 19 heavy (non-hydrogen) atoms. The zero-order valence-electron chi connectivity index (χ0n) is 12.2. The van der Waals surface area contributed by atoms with E-state index in [4.69, 9.17) is 5.26 Å². The Kier molecular flexibility index (Phi) is 4.55. The summed E-state index contributed by atoms with van der Waals surface area (Å²) in [4.78, 5) is 12.0. The zero-order valence-corrected chi connectivity index (χ0v) is 12.2. The molecule has 0 fully saturated rings. The summed E-state index contributed by atoms with van der Waals surface area (Å²) < 4.78 is 0. The van der Waals surface area contributed by atoms with E-state index in [1.54, 1.807) is 19.1 Å². The summed E-state index contributed by atoms with van der Waals surface area (Å²) in [7, 11) is 0. The smallest absolute Gasteiger partial charge is 0.242 e. The van der Waals surface area contributed by atoms with E-state index in [1.165, 1.54) is 0 Å². The Balaban J connectivity index is 2.80. The van der Waals surface area contributed by atoms with Crippen LogP contribution in [0.15, 0.2) is 18.2 Å². The minimum atomic E-state index is -0.355. The van der Waals surface area contributed by atoms with E-state index in [2.05, 4.69) is 16.7 Å². The van der Waals surface area contributed by atoms with Crippen molar-refractivity contribution in [2.75, 3.05) is 5.32 Å². The van der Waals surface area contributed by atoms with Crippen molar-refractivity contribution in [2.45, 2.75) is 46.2 Å². The van der Waals surface area contributed by atoms with Crippen LogP contribution in [0.1, 0.15) is 38.8 Å². The second-order valence-corrected chi connectivity index (χ2v) is 5.75. The van der Waals surface area contributed by atoms with Gasteiger partial charge in [-0.05, 0) is 52.3 Å². The Morgan fingerprint density at radius 2 is 2.00 bits per heavy atom. The third kappa shape index (κ3) is 4.63. The molecule has 0 heterocycles. The number of hydrogen-bond donors (Lipinski definition) is 2. The molecule has 2 N–H and O–H groups in total. The number of amides is 1. The molecule has 1 unspecified atom stereocenters. The Labute approximate surface area is 114 Å². The predicted octanol–water partition coefficient (Wildman–Crippen LogP) is 2.58. The zero-order chi connectivity index (χ0) is 14.6. The molecular weight excluding hydrogens is 238 g/mol. The number of carbonyl (C=O) groups is 1. The van der Waals surface area contributed by atoms with Crippen molar-refractivity contribution in [2.24, 2.45) is 0 Å². The number of aryl methyl sites for hydroxylation is 1. The van der Waals surface area contributed by atoms with Crippen LogP contribution in [0.4, 0.5) is 5.69 Å². The van der Waals surface area contributed by atoms with Crippen LogP contribution in [0.25, 0.3) is 0 Å². The Bertz CT molecular complexity index is 509. The topological polar surface area (TPSA) is 64.9 Å². The molecule has 4 heteroatoms. The fourth-order valence-corrected chi connectivity index (χ4v) is 1.62. The molecule has 0 aliphatic heterocycles. The van der Waals surface area contributed by atoms with Crippen LogP contribution in [0.2, 0.25) is 0 Å². The third-order valence-corrected chi connectivity index (χ3v) is 2.63. The number of benzene rings is 1. The van der Waals surface area contributed by atoms with Gasteiger partial charge >= 0.3 is 0 Å². The molecule has 1 atom stereocenters.